The lowest BCUT2D eigenvalue weighted by molar-refractivity contribution is -0.354. The third kappa shape index (κ3) is 3.85. The molecule has 0 amide bonds. The number of ether oxygens (including phenoxy) is 1. The van der Waals surface area contributed by atoms with Crippen LogP contribution in [0.3, 0.4) is 0 Å². The fraction of sp³-hybridized carbons (Fsp3) is 0.235. The Morgan fingerprint density at radius 2 is 1.70 bits per heavy atom. The van der Waals surface area contributed by atoms with Crippen molar-refractivity contribution in [2.45, 2.75) is 20.3 Å². The molecule has 0 radical (unpaired) electrons. The van der Waals surface area contributed by atoms with Crippen LogP contribution in [0, 0.1) is 12.1 Å². The summed E-state index contributed by atoms with van der Waals surface area (Å²) in [7, 11) is 0. The first kappa shape index (κ1) is 14.1. The van der Waals surface area contributed by atoms with Crippen LogP contribution in [0.2, 0.25) is 0 Å². The summed E-state index contributed by atoms with van der Waals surface area (Å²) >= 11 is 0. The van der Waals surface area contributed by atoms with Crippen LogP contribution < -0.4 is 4.74 Å². The van der Waals surface area contributed by atoms with Crippen molar-refractivity contribution in [3.8, 4) is 5.75 Å². The van der Waals surface area contributed by atoms with Crippen LogP contribution in [0.15, 0.2) is 48.5 Å². The van der Waals surface area contributed by atoms with Crippen LogP contribution >= 0.6 is 0 Å². The third-order valence-corrected chi connectivity index (χ3v) is 2.91. The zero-order chi connectivity index (χ0) is 14.4. The van der Waals surface area contributed by atoms with Crippen LogP contribution in [0.1, 0.15) is 24.5 Å². The second-order valence-corrected chi connectivity index (χ2v) is 4.71. The van der Waals surface area contributed by atoms with Gasteiger partial charge in [-0.2, -0.15) is 4.74 Å². The minimum atomic E-state index is 0.627. The van der Waals surface area contributed by atoms with E-state index < -0.39 is 0 Å². The zero-order valence-corrected chi connectivity index (χ0v) is 11.9. The Labute approximate surface area is 119 Å². The highest BCUT2D eigenvalue weighted by Crippen LogP contribution is 2.14. The first-order valence-electron chi connectivity index (χ1n) is 6.80. The van der Waals surface area contributed by atoms with Gasteiger partial charge in [0, 0.05) is 17.7 Å². The number of hydrogen-bond acceptors (Lipinski definition) is 2. The highest BCUT2D eigenvalue weighted by molar-refractivity contribution is 5.76. The molecule has 3 nitrogen and oxygen atoms in total. The van der Waals surface area contributed by atoms with Gasteiger partial charge in [0.25, 0.3) is 0 Å². The van der Waals surface area contributed by atoms with Crippen LogP contribution in [-0.2, 0) is 0 Å². The number of hydrogen-bond donors (Lipinski definition) is 0. The van der Waals surface area contributed by atoms with Crippen LogP contribution in [-0.4, -0.2) is 17.6 Å². The molecule has 2 aromatic rings. The Hall–Kier alpha value is -2.29. The van der Waals surface area contributed by atoms with E-state index in [9.17, 15) is 5.21 Å². The molecule has 0 aromatic heterocycles. The van der Waals surface area contributed by atoms with Crippen molar-refractivity contribution in [2.75, 3.05) is 6.61 Å². The maximum Gasteiger partial charge on any atom is 0.216 e. The molecule has 2 rings (SSSR count). The summed E-state index contributed by atoms with van der Waals surface area (Å²) in [4.78, 5) is 0. The van der Waals surface area contributed by atoms with Gasteiger partial charge in [-0.1, -0.05) is 24.6 Å². The van der Waals surface area contributed by atoms with Crippen LogP contribution in [0.25, 0.3) is 0 Å². The Bertz CT molecular complexity index is 571. The summed E-state index contributed by atoms with van der Waals surface area (Å²) in [5.41, 5.74) is 2.62. The molecule has 0 atom stereocenters. The largest absolute Gasteiger partial charge is 0.618 e. The summed E-state index contributed by atoms with van der Waals surface area (Å²) in [5.74, 6) is 0.830. The fourth-order valence-corrected chi connectivity index (χ4v) is 1.77. The molecule has 0 spiro atoms. The highest BCUT2D eigenvalue weighted by Gasteiger charge is 2.01. The van der Waals surface area contributed by atoms with Crippen molar-refractivity contribution in [3.63, 3.8) is 0 Å². The number of rotatable bonds is 5. The zero-order valence-electron chi connectivity index (χ0n) is 11.9. The highest BCUT2D eigenvalue weighted by atomic mass is 16.5. The van der Waals surface area contributed by atoms with Gasteiger partial charge in [-0.05, 0) is 37.6 Å². The van der Waals surface area contributed by atoms with Crippen LogP contribution in [0.4, 0.5) is 5.69 Å². The fourth-order valence-electron chi connectivity index (χ4n) is 1.77. The molecule has 0 heterocycles. The number of aryl methyl sites for hydroxylation is 1. The second-order valence-electron chi connectivity index (χ2n) is 4.71. The molecule has 0 saturated carbocycles. The van der Waals surface area contributed by atoms with Crippen molar-refractivity contribution in [3.05, 3.63) is 64.9 Å². The van der Waals surface area contributed by atoms with E-state index in [0.29, 0.717) is 12.3 Å². The number of benzene rings is 2. The second kappa shape index (κ2) is 6.75. The molecule has 0 saturated heterocycles. The van der Waals surface area contributed by atoms with Crippen molar-refractivity contribution >= 4 is 11.9 Å². The van der Waals surface area contributed by atoms with E-state index >= 15 is 0 Å². The lowest BCUT2D eigenvalue weighted by Crippen LogP contribution is -1.99. The van der Waals surface area contributed by atoms with E-state index in [1.807, 2.05) is 55.5 Å². The molecular formula is C17H19NO2. The molecule has 104 valence electrons. The normalized spacial score (nSPS) is 11.4. The quantitative estimate of drug-likeness (QED) is 0.355. The number of nitrogens with zero attached hydrogens (tertiary/aromatic N) is 1. The smallest absolute Gasteiger partial charge is 0.216 e. The first-order chi connectivity index (χ1) is 9.69. The first-order valence-corrected chi connectivity index (χ1v) is 6.80. The minimum absolute atomic E-state index is 0.627. The van der Waals surface area contributed by atoms with E-state index in [0.717, 1.165) is 28.0 Å². The molecule has 0 N–H and O–H groups in total. The van der Waals surface area contributed by atoms with E-state index in [4.69, 9.17) is 4.74 Å². The lowest BCUT2D eigenvalue weighted by Gasteiger charge is -2.05. The summed E-state index contributed by atoms with van der Waals surface area (Å²) in [5, 5.41) is 12.0. The molecular weight excluding hydrogens is 250 g/mol. The summed E-state index contributed by atoms with van der Waals surface area (Å²) in [6.07, 6.45) is 2.55. The summed E-state index contributed by atoms with van der Waals surface area (Å²) < 4.78 is 6.38. The minimum Gasteiger partial charge on any atom is -0.618 e. The monoisotopic (exact) mass is 269 g/mol. The molecule has 0 aliphatic heterocycles. The van der Waals surface area contributed by atoms with E-state index in [-0.39, 0.29) is 0 Å². The predicted octanol–water partition coefficient (Wildman–Crippen LogP) is 4.04. The molecule has 0 unspecified atom stereocenters. The molecule has 0 aliphatic carbocycles. The SMILES string of the molecule is CCCOc1ccc(/C=[N+](\[O-])c2ccc(C)cc2)cc1. The Morgan fingerprint density at radius 3 is 2.30 bits per heavy atom. The molecule has 0 aliphatic rings. The average Bonchev–Trinajstić information content (AvgIpc) is 2.47. The van der Waals surface area contributed by atoms with Crippen LogP contribution in [0.5, 0.6) is 5.75 Å². The average molecular weight is 269 g/mol. The van der Waals surface area contributed by atoms with Gasteiger partial charge in [0.15, 0.2) is 6.21 Å². The topological polar surface area (TPSA) is 35.3 Å². The molecule has 0 bridgehead atoms. The Morgan fingerprint density at radius 1 is 1.05 bits per heavy atom. The van der Waals surface area contributed by atoms with E-state index in [1.165, 1.54) is 0 Å². The predicted molar refractivity (Wildman–Crippen MR) is 81.9 cm³/mol. The van der Waals surface area contributed by atoms with Gasteiger partial charge in [-0.15, -0.1) is 0 Å². The maximum atomic E-state index is 12.0. The Kier molecular flexibility index (Phi) is 4.77. The van der Waals surface area contributed by atoms with Crippen molar-refractivity contribution in [2.24, 2.45) is 0 Å². The van der Waals surface area contributed by atoms with Gasteiger partial charge in [0.2, 0.25) is 5.69 Å². The van der Waals surface area contributed by atoms with Gasteiger partial charge in [-0.25, -0.2) is 0 Å². The Balaban J connectivity index is 2.11. The maximum absolute atomic E-state index is 12.0. The van der Waals surface area contributed by atoms with Gasteiger partial charge >= 0.3 is 0 Å². The van der Waals surface area contributed by atoms with Gasteiger partial charge < -0.3 is 9.94 Å². The van der Waals surface area contributed by atoms with Gasteiger partial charge in [-0.3, -0.25) is 0 Å². The standard InChI is InChI=1S/C17H19NO2/c1-3-12-20-17-10-6-15(7-11-17)13-18(19)16-8-4-14(2)5-9-16/h4-11,13H,3,12H2,1-2H3/b18-13-. The molecule has 3 heteroatoms. The third-order valence-electron chi connectivity index (χ3n) is 2.91. The summed E-state index contributed by atoms with van der Waals surface area (Å²) in [6.45, 7) is 4.77. The molecule has 20 heavy (non-hydrogen) atoms. The van der Waals surface area contributed by atoms with Gasteiger partial charge in [0.1, 0.15) is 5.75 Å². The van der Waals surface area contributed by atoms with Gasteiger partial charge in [0.05, 0.1) is 6.61 Å². The van der Waals surface area contributed by atoms with Crippen molar-refractivity contribution in [1.29, 1.82) is 0 Å². The lowest BCUT2D eigenvalue weighted by atomic mass is 10.2. The molecule has 0 fully saturated rings. The van der Waals surface area contributed by atoms with E-state index in [1.54, 1.807) is 6.21 Å². The summed E-state index contributed by atoms with van der Waals surface area (Å²) in [6, 6.07) is 15.0. The molecule has 2 aromatic carbocycles. The van der Waals surface area contributed by atoms with E-state index in [2.05, 4.69) is 6.92 Å². The van der Waals surface area contributed by atoms with Crippen molar-refractivity contribution < 1.29 is 9.48 Å². The van der Waals surface area contributed by atoms with Crippen molar-refractivity contribution in [1.82, 2.24) is 0 Å².